The van der Waals surface area contributed by atoms with E-state index in [1.54, 1.807) is 0 Å². The zero-order valence-corrected chi connectivity index (χ0v) is 9.72. The van der Waals surface area contributed by atoms with Crippen LogP contribution < -0.4 is 5.32 Å². The van der Waals surface area contributed by atoms with Crippen LogP contribution in [0.4, 0.5) is 13.2 Å². The van der Waals surface area contributed by atoms with Crippen LogP contribution in [0.1, 0.15) is 24.5 Å². The van der Waals surface area contributed by atoms with Crippen LogP contribution >= 0.6 is 0 Å². The van der Waals surface area contributed by atoms with Crippen LogP contribution in [-0.4, -0.2) is 13.1 Å². The summed E-state index contributed by atoms with van der Waals surface area (Å²) >= 11 is 0. The molecule has 4 heteroatoms. The van der Waals surface area contributed by atoms with Crippen molar-refractivity contribution >= 4 is 6.08 Å². The molecule has 0 saturated carbocycles. The largest absolute Gasteiger partial charge is 0.416 e. The van der Waals surface area contributed by atoms with Crippen molar-refractivity contribution in [2.75, 3.05) is 13.1 Å². The molecule has 0 spiro atoms. The minimum Gasteiger partial charge on any atom is -0.313 e. The Hall–Kier alpha value is -1.29. The Kier molecular flexibility index (Phi) is 5.22. The predicted octanol–water partition coefficient (Wildman–Crippen LogP) is 3.72. The van der Waals surface area contributed by atoms with Gasteiger partial charge in [0.25, 0.3) is 0 Å². The molecule has 0 unspecified atom stereocenters. The van der Waals surface area contributed by atoms with Gasteiger partial charge < -0.3 is 5.32 Å². The van der Waals surface area contributed by atoms with E-state index in [2.05, 4.69) is 12.2 Å². The average molecular weight is 243 g/mol. The van der Waals surface area contributed by atoms with E-state index in [0.717, 1.165) is 37.2 Å². The van der Waals surface area contributed by atoms with Crippen molar-refractivity contribution in [3.8, 4) is 0 Å². The van der Waals surface area contributed by atoms with Crippen LogP contribution in [0, 0.1) is 0 Å². The van der Waals surface area contributed by atoms with Gasteiger partial charge in [0.15, 0.2) is 0 Å². The third-order valence-corrected chi connectivity index (χ3v) is 2.24. The fourth-order valence-corrected chi connectivity index (χ4v) is 1.34. The van der Waals surface area contributed by atoms with Gasteiger partial charge in [-0.25, -0.2) is 0 Å². The summed E-state index contributed by atoms with van der Waals surface area (Å²) in [4.78, 5) is 0. The summed E-state index contributed by atoms with van der Waals surface area (Å²) in [7, 11) is 0. The Morgan fingerprint density at radius 2 is 1.82 bits per heavy atom. The van der Waals surface area contributed by atoms with Crippen molar-refractivity contribution in [1.29, 1.82) is 0 Å². The summed E-state index contributed by atoms with van der Waals surface area (Å²) in [6, 6.07) is 5.14. The zero-order valence-electron chi connectivity index (χ0n) is 9.72. The Balaban J connectivity index is 2.51. The van der Waals surface area contributed by atoms with Crippen LogP contribution in [0.3, 0.4) is 0 Å². The molecule has 0 fully saturated rings. The molecule has 1 aromatic carbocycles. The molecule has 0 aliphatic rings. The zero-order chi connectivity index (χ0) is 12.7. The molecule has 17 heavy (non-hydrogen) atoms. The fraction of sp³-hybridized carbons (Fsp3) is 0.385. The normalized spacial score (nSPS) is 12.2. The highest BCUT2D eigenvalue weighted by Gasteiger charge is 2.29. The van der Waals surface area contributed by atoms with Crippen LogP contribution in [0.2, 0.25) is 0 Å². The Morgan fingerprint density at radius 1 is 1.18 bits per heavy atom. The molecule has 1 rings (SSSR count). The lowest BCUT2D eigenvalue weighted by Gasteiger charge is -2.05. The molecule has 0 aromatic heterocycles. The van der Waals surface area contributed by atoms with Crippen molar-refractivity contribution in [3.63, 3.8) is 0 Å². The summed E-state index contributed by atoms with van der Waals surface area (Å²) in [5.41, 5.74) is 0.162. The van der Waals surface area contributed by atoms with E-state index in [4.69, 9.17) is 0 Å². The smallest absolute Gasteiger partial charge is 0.313 e. The number of nitrogens with one attached hydrogen (secondary N) is 1. The van der Waals surface area contributed by atoms with Crippen LogP contribution in [-0.2, 0) is 6.18 Å². The summed E-state index contributed by atoms with van der Waals surface area (Å²) < 4.78 is 36.8. The Labute approximate surface area is 99.3 Å². The predicted molar refractivity (Wildman–Crippen MR) is 63.6 cm³/mol. The number of rotatable bonds is 5. The van der Waals surface area contributed by atoms with Gasteiger partial charge in [0.2, 0.25) is 0 Å². The van der Waals surface area contributed by atoms with Crippen molar-refractivity contribution in [2.24, 2.45) is 0 Å². The third kappa shape index (κ3) is 5.04. The first kappa shape index (κ1) is 13.8. The molecule has 0 amide bonds. The lowest BCUT2D eigenvalue weighted by molar-refractivity contribution is -0.137. The van der Waals surface area contributed by atoms with Crippen molar-refractivity contribution < 1.29 is 13.2 Å². The fourth-order valence-electron chi connectivity index (χ4n) is 1.34. The van der Waals surface area contributed by atoms with Gasteiger partial charge in [0, 0.05) is 6.54 Å². The highest BCUT2D eigenvalue weighted by Crippen LogP contribution is 2.29. The average Bonchev–Trinajstić information content (AvgIpc) is 2.28. The summed E-state index contributed by atoms with van der Waals surface area (Å²) in [6.07, 6.45) is 0.514. The van der Waals surface area contributed by atoms with E-state index in [1.807, 2.05) is 12.2 Å². The van der Waals surface area contributed by atoms with E-state index in [1.165, 1.54) is 12.1 Å². The quantitative estimate of drug-likeness (QED) is 0.777. The van der Waals surface area contributed by atoms with Gasteiger partial charge in [0.1, 0.15) is 0 Å². The van der Waals surface area contributed by atoms with E-state index < -0.39 is 11.7 Å². The van der Waals surface area contributed by atoms with E-state index in [9.17, 15) is 13.2 Å². The molecule has 0 heterocycles. The van der Waals surface area contributed by atoms with Crippen LogP contribution in [0.25, 0.3) is 6.08 Å². The van der Waals surface area contributed by atoms with Crippen molar-refractivity contribution in [1.82, 2.24) is 5.32 Å². The first-order valence-electron chi connectivity index (χ1n) is 5.58. The minimum absolute atomic E-state index is 0.612. The molecule has 0 bridgehead atoms. The van der Waals surface area contributed by atoms with Gasteiger partial charge in [-0.1, -0.05) is 31.2 Å². The van der Waals surface area contributed by atoms with Crippen molar-refractivity contribution in [2.45, 2.75) is 19.5 Å². The lowest BCUT2D eigenvalue weighted by atomic mass is 10.1. The SMILES string of the molecule is CCCNCC=Cc1ccc(C(F)(F)F)cc1. The van der Waals surface area contributed by atoms with E-state index in [0.29, 0.717) is 0 Å². The molecular formula is C13H16F3N. The second-order valence-corrected chi connectivity index (χ2v) is 3.73. The first-order chi connectivity index (χ1) is 8.04. The van der Waals surface area contributed by atoms with Gasteiger partial charge in [0.05, 0.1) is 5.56 Å². The van der Waals surface area contributed by atoms with E-state index >= 15 is 0 Å². The standard InChI is InChI=1S/C13H16F3N/c1-2-9-17-10-3-4-11-5-7-12(8-6-11)13(14,15)16/h3-8,17H,2,9-10H2,1H3. The molecule has 1 nitrogen and oxygen atoms in total. The maximum absolute atomic E-state index is 12.3. The van der Waals surface area contributed by atoms with Crippen molar-refractivity contribution in [3.05, 3.63) is 41.5 Å². The van der Waals surface area contributed by atoms with Gasteiger partial charge in [-0.05, 0) is 30.7 Å². The Morgan fingerprint density at radius 3 is 2.35 bits per heavy atom. The van der Waals surface area contributed by atoms with Gasteiger partial charge in [-0.3, -0.25) is 0 Å². The maximum atomic E-state index is 12.3. The number of halogens is 3. The highest BCUT2D eigenvalue weighted by atomic mass is 19.4. The number of benzene rings is 1. The summed E-state index contributed by atoms with van der Waals surface area (Å²) in [5, 5.41) is 3.17. The second-order valence-electron chi connectivity index (χ2n) is 3.73. The lowest BCUT2D eigenvalue weighted by Crippen LogP contribution is -2.13. The molecule has 94 valence electrons. The van der Waals surface area contributed by atoms with Gasteiger partial charge in [-0.15, -0.1) is 0 Å². The molecule has 0 aliphatic carbocycles. The third-order valence-electron chi connectivity index (χ3n) is 2.24. The van der Waals surface area contributed by atoms with Crippen LogP contribution in [0.15, 0.2) is 30.3 Å². The molecular weight excluding hydrogens is 227 g/mol. The molecule has 0 aliphatic heterocycles. The monoisotopic (exact) mass is 243 g/mol. The van der Waals surface area contributed by atoms with E-state index in [-0.39, 0.29) is 0 Å². The topological polar surface area (TPSA) is 12.0 Å². The first-order valence-corrected chi connectivity index (χ1v) is 5.58. The molecule has 0 saturated heterocycles. The maximum Gasteiger partial charge on any atom is 0.416 e. The summed E-state index contributed by atoms with van der Waals surface area (Å²) in [5.74, 6) is 0. The molecule has 0 atom stereocenters. The highest BCUT2D eigenvalue weighted by molar-refractivity contribution is 5.50. The summed E-state index contributed by atoms with van der Waals surface area (Å²) in [6.45, 7) is 3.75. The minimum atomic E-state index is -4.26. The van der Waals surface area contributed by atoms with Gasteiger partial charge >= 0.3 is 6.18 Å². The van der Waals surface area contributed by atoms with Crippen LogP contribution in [0.5, 0.6) is 0 Å². The van der Waals surface area contributed by atoms with Gasteiger partial charge in [-0.2, -0.15) is 13.2 Å². The molecule has 1 N–H and O–H groups in total. The Bertz CT molecular complexity index is 352. The number of alkyl halides is 3. The molecule has 1 aromatic rings. The molecule has 0 radical (unpaired) electrons. The number of hydrogen-bond acceptors (Lipinski definition) is 1. The second kappa shape index (κ2) is 6.45. The number of hydrogen-bond donors (Lipinski definition) is 1.